The molecule has 0 amide bonds. The lowest BCUT2D eigenvalue weighted by Crippen LogP contribution is -2.02. The number of carboxylic acids is 1. The molecule has 4 nitrogen and oxygen atoms in total. The normalized spacial score (nSPS) is 18.4. The van der Waals surface area contributed by atoms with Gasteiger partial charge in [0.15, 0.2) is 5.44 Å². The molecule has 5 heteroatoms. The fourth-order valence-corrected chi connectivity index (χ4v) is 2.22. The van der Waals surface area contributed by atoms with Gasteiger partial charge in [-0.25, -0.2) is 4.79 Å². The maximum atomic E-state index is 11.3. The van der Waals surface area contributed by atoms with Crippen molar-refractivity contribution >= 4 is 23.7 Å². The molecule has 0 bridgehead atoms. The zero-order valence-corrected chi connectivity index (χ0v) is 8.49. The number of aliphatic carboxylic acids is 1. The summed E-state index contributed by atoms with van der Waals surface area (Å²) >= 11 is 1.10. The number of carbonyl (C=O) groups is 2. The molecule has 0 unspecified atom stereocenters. The zero-order valence-electron chi connectivity index (χ0n) is 7.67. The van der Waals surface area contributed by atoms with Crippen LogP contribution in [0.2, 0.25) is 0 Å². The molecule has 0 fully saturated rings. The molecule has 1 heterocycles. The fourth-order valence-electron chi connectivity index (χ4n) is 1.38. The minimum absolute atomic E-state index is 0.0771. The van der Waals surface area contributed by atoms with Gasteiger partial charge in [0.25, 0.3) is 0 Å². The van der Waals surface area contributed by atoms with Crippen molar-refractivity contribution in [3.05, 3.63) is 35.4 Å². The van der Waals surface area contributed by atoms with Crippen molar-refractivity contribution in [3.63, 3.8) is 0 Å². The van der Waals surface area contributed by atoms with Crippen molar-refractivity contribution in [2.45, 2.75) is 5.44 Å². The average molecular weight is 224 g/mol. The van der Waals surface area contributed by atoms with Crippen LogP contribution < -0.4 is 0 Å². The summed E-state index contributed by atoms with van der Waals surface area (Å²) in [7, 11) is 0. The smallest absolute Gasteiger partial charge is 0.340 e. The number of carbonyl (C=O) groups excluding carboxylic acids is 1. The highest BCUT2D eigenvalue weighted by atomic mass is 32.2. The molecule has 0 saturated carbocycles. The molecule has 0 spiro atoms. The molecule has 0 aliphatic carbocycles. The van der Waals surface area contributed by atoms with Crippen LogP contribution in [0.4, 0.5) is 0 Å². The quantitative estimate of drug-likeness (QED) is 0.791. The van der Waals surface area contributed by atoms with E-state index in [9.17, 15) is 9.59 Å². The van der Waals surface area contributed by atoms with Crippen LogP contribution in [0.5, 0.6) is 0 Å². The lowest BCUT2D eigenvalue weighted by molar-refractivity contribution is -0.133. The van der Waals surface area contributed by atoms with Crippen LogP contribution in [0, 0.1) is 0 Å². The van der Waals surface area contributed by atoms with Crippen molar-refractivity contribution in [2.24, 2.45) is 0 Å². The Kier molecular flexibility index (Phi) is 2.64. The lowest BCUT2D eigenvalue weighted by atomic mass is 10.1. The molecule has 1 aromatic carbocycles. The Bertz CT molecular complexity index is 416. The summed E-state index contributed by atoms with van der Waals surface area (Å²) in [5.74, 6) is -1.37. The number of esters is 1. The predicted octanol–water partition coefficient (Wildman–Crippen LogP) is 1.67. The predicted molar refractivity (Wildman–Crippen MR) is 54.7 cm³/mol. The zero-order chi connectivity index (χ0) is 10.8. The van der Waals surface area contributed by atoms with E-state index >= 15 is 0 Å². The van der Waals surface area contributed by atoms with Crippen LogP contribution in [0.3, 0.4) is 0 Å². The van der Waals surface area contributed by atoms with Gasteiger partial charge in [0.05, 0.1) is 11.3 Å². The van der Waals surface area contributed by atoms with Crippen molar-refractivity contribution in [1.82, 2.24) is 0 Å². The second-order valence-electron chi connectivity index (χ2n) is 3.03. The molecule has 1 atom stereocenters. The van der Waals surface area contributed by atoms with E-state index in [1.807, 2.05) is 0 Å². The molecule has 2 rings (SSSR count). The average Bonchev–Trinajstić information content (AvgIpc) is 2.54. The monoisotopic (exact) mass is 224 g/mol. The molecule has 0 saturated heterocycles. The topological polar surface area (TPSA) is 63.6 Å². The summed E-state index contributed by atoms with van der Waals surface area (Å²) in [5, 5.41) is 8.53. The third kappa shape index (κ3) is 1.97. The Morgan fingerprint density at radius 2 is 2.20 bits per heavy atom. The number of ether oxygens (including phenoxy) is 1. The van der Waals surface area contributed by atoms with Gasteiger partial charge in [-0.15, -0.1) is 11.8 Å². The largest absolute Gasteiger partial charge is 0.481 e. The third-order valence-corrected chi connectivity index (χ3v) is 3.07. The Hall–Kier alpha value is -1.49. The molecule has 0 aromatic heterocycles. The van der Waals surface area contributed by atoms with E-state index < -0.39 is 11.4 Å². The number of benzene rings is 1. The third-order valence-electron chi connectivity index (χ3n) is 2.01. The first-order valence-corrected chi connectivity index (χ1v) is 5.36. The van der Waals surface area contributed by atoms with Gasteiger partial charge in [0, 0.05) is 5.56 Å². The first-order chi connectivity index (χ1) is 7.18. The van der Waals surface area contributed by atoms with E-state index in [-0.39, 0.29) is 11.7 Å². The number of hydrogen-bond donors (Lipinski definition) is 1. The van der Waals surface area contributed by atoms with E-state index in [1.165, 1.54) is 0 Å². The van der Waals surface area contributed by atoms with Crippen LogP contribution in [-0.4, -0.2) is 22.8 Å². The van der Waals surface area contributed by atoms with Crippen molar-refractivity contribution in [3.8, 4) is 0 Å². The molecule has 1 aliphatic heterocycles. The van der Waals surface area contributed by atoms with Gasteiger partial charge in [0.2, 0.25) is 0 Å². The number of hydrogen-bond acceptors (Lipinski definition) is 4. The Morgan fingerprint density at radius 3 is 2.93 bits per heavy atom. The highest BCUT2D eigenvalue weighted by Crippen LogP contribution is 2.38. The van der Waals surface area contributed by atoms with Gasteiger partial charge in [-0.3, -0.25) is 4.79 Å². The highest BCUT2D eigenvalue weighted by molar-refractivity contribution is 8.00. The maximum absolute atomic E-state index is 11.3. The standard InChI is InChI=1S/C10H8O4S/c11-8(12)5-15-10-7-4-2-1-3-6(7)9(13)14-10/h1-4,10H,5H2,(H,11,12)/t10-/m1/s1. The van der Waals surface area contributed by atoms with Crippen molar-refractivity contribution < 1.29 is 19.4 Å². The Balaban J connectivity index is 2.17. The summed E-state index contributed by atoms with van der Waals surface area (Å²) in [6.07, 6.45) is 0. The SMILES string of the molecule is O=C(O)CS[C@H]1OC(=O)c2ccccc21. The number of rotatable bonds is 3. The molecule has 0 radical (unpaired) electrons. The summed E-state index contributed by atoms with van der Waals surface area (Å²) in [4.78, 5) is 21.7. The highest BCUT2D eigenvalue weighted by Gasteiger charge is 2.31. The van der Waals surface area contributed by atoms with Crippen LogP contribution in [-0.2, 0) is 9.53 Å². The molecular formula is C10H8O4S. The molecule has 15 heavy (non-hydrogen) atoms. The van der Waals surface area contributed by atoms with Gasteiger partial charge >= 0.3 is 11.9 Å². The first-order valence-electron chi connectivity index (χ1n) is 4.32. The first kappa shape index (κ1) is 10.0. The van der Waals surface area contributed by atoms with Crippen LogP contribution in [0.25, 0.3) is 0 Å². The second kappa shape index (κ2) is 3.94. The number of carboxylic acid groups (broad SMARTS) is 1. The summed E-state index contributed by atoms with van der Waals surface area (Å²) < 4.78 is 5.04. The minimum atomic E-state index is -0.916. The van der Waals surface area contributed by atoms with Crippen LogP contribution in [0.15, 0.2) is 24.3 Å². The van der Waals surface area contributed by atoms with Crippen LogP contribution in [0.1, 0.15) is 21.4 Å². The molecular weight excluding hydrogens is 216 g/mol. The minimum Gasteiger partial charge on any atom is -0.481 e. The van der Waals surface area contributed by atoms with Crippen molar-refractivity contribution in [2.75, 3.05) is 5.75 Å². The second-order valence-corrected chi connectivity index (χ2v) is 4.08. The van der Waals surface area contributed by atoms with E-state index in [4.69, 9.17) is 9.84 Å². The summed E-state index contributed by atoms with van der Waals surface area (Å²) in [6, 6.07) is 7.01. The van der Waals surface area contributed by atoms with Crippen LogP contribution >= 0.6 is 11.8 Å². The van der Waals surface area contributed by atoms with Gasteiger partial charge < -0.3 is 9.84 Å². The van der Waals surface area contributed by atoms with E-state index in [0.29, 0.717) is 5.56 Å². The van der Waals surface area contributed by atoms with Gasteiger partial charge in [-0.2, -0.15) is 0 Å². The van der Waals surface area contributed by atoms with Gasteiger partial charge in [-0.05, 0) is 6.07 Å². The van der Waals surface area contributed by atoms with E-state index in [0.717, 1.165) is 17.3 Å². The van der Waals surface area contributed by atoms with Gasteiger partial charge in [-0.1, -0.05) is 18.2 Å². The number of thioether (sulfide) groups is 1. The fraction of sp³-hybridized carbons (Fsp3) is 0.200. The lowest BCUT2D eigenvalue weighted by Gasteiger charge is -2.07. The Labute approximate surface area is 90.2 Å². The number of fused-ring (bicyclic) bond motifs is 1. The van der Waals surface area contributed by atoms with Crippen molar-refractivity contribution in [1.29, 1.82) is 0 Å². The van der Waals surface area contributed by atoms with E-state index in [1.54, 1.807) is 24.3 Å². The number of cyclic esters (lactones) is 1. The molecule has 78 valence electrons. The van der Waals surface area contributed by atoms with E-state index in [2.05, 4.69) is 0 Å². The summed E-state index contributed by atoms with van der Waals surface area (Å²) in [6.45, 7) is 0. The molecule has 1 aromatic rings. The molecule has 1 aliphatic rings. The summed E-state index contributed by atoms with van der Waals surface area (Å²) in [5.41, 5.74) is 0.805. The molecule has 1 N–H and O–H groups in total. The maximum Gasteiger partial charge on any atom is 0.340 e. The Morgan fingerprint density at radius 1 is 1.47 bits per heavy atom. The van der Waals surface area contributed by atoms with Gasteiger partial charge in [0.1, 0.15) is 0 Å².